The van der Waals surface area contributed by atoms with Gasteiger partial charge in [-0.05, 0) is 18.6 Å². The fourth-order valence-corrected chi connectivity index (χ4v) is 3.87. The van der Waals surface area contributed by atoms with E-state index in [0.29, 0.717) is 0 Å². The Kier molecular flexibility index (Phi) is 5.56. The second-order valence-corrected chi connectivity index (χ2v) is 7.46. The van der Waals surface area contributed by atoms with Crippen LogP contribution in [0.2, 0.25) is 0 Å². The van der Waals surface area contributed by atoms with Crippen molar-refractivity contribution in [2.24, 2.45) is 0 Å². The van der Waals surface area contributed by atoms with Crippen molar-refractivity contribution in [3.8, 4) is 0 Å². The van der Waals surface area contributed by atoms with Crippen molar-refractivity contribution in [2.75, 3.05) is 6.54 Å². The van der Waals surface area contributed by atoms with Gasteiger partial charge in [0.05, 0.1) is 20.8 Å². The molecule has 1 aliphatic heterocycles. The third-order valence-electron chi connectivity index (χ3n) is 3.93. The van der Waals surface area contributed by atoms with E-state index in [0.717, 1.165) is 17.8 Å². The molecule has 1 fully saturated rings. The van der Waals surface area contributed by atoms with Gasteiger partial charge in [-0.15, -0.1) is 0 Å². The van der Waals surface area contributed by atoms with Crippen LogP contribution in [0.1, 0.15) is 18.4 Å². The maximum Gasteiger partial charge on any atom is 0.303 e. The fraction of sp³-hybridized carbons (Fsp3) is 0.176. The zero-order chi connectivity index (χ0) is 20.4. The molecule has 0 spiro atoms. The van der Waals surface area contributed by atoms with Crippen LogP contribution in [0.3, 0.4) is 0 Å². The van der Waals surface area contributed by atoms with Crippen molar-refractivity contribution in [1.82, 2.24) is 4.90 Å². The summed E-state index contributed by atoms with van der Waals surface area (Å²) in [6.07, 6.45) is 2.65. The molecule has 0 unspecified atom stereocenters. The highest BCUT2D eigenvalue weighted by atomic mass is 32.2. The Labute approximate surface area is 166 Å². The molecule has 0 aliphatic carbocycles. The van der Waals surface area contributed by atoms with Gasteiger partial charge in [-0.1, -0.05) is 24.0 Å². The summed E-state index contributed by atoms with van der Waals surface area (Å²) in [6.45, 7) is 0.160. The molecule has 1 aromatic heterocycles. The number of carboxylic acid groups (broad SMARTS) is 1. The summed E-state index contributed by atoms with van der Waals surface area (Å²) >= 11 is 6.14. The molecule has 144 valence electrons. The Morgan fingerprint density at radius 3 is 2.82 bits per heavy atom. The van der Waals surface area contributed by atoms with E-state index in [9.17, 15) is 24.5 Å². The van der Waals surface area contributed by atoms with Gasteiger partial charge in [0.25, 0.3) is 11.6 Å². The van der Waals surface area contributed by atoms with Gasteiger partial charge in [-0.3, -0.25) is 29.4 Å². The number of benzene rings is 1. The molecule has 0 saturated carbocycles. The minimum absolute atomic E-state index is 0.0277. The van der Waals surface area contributed by atoms with E-state index in [1.54, 1.807) is 0 Å². The van der Waals surface area contributed by atoms with Gasteiger partial charge in [0, 0.05) is 25.1 Å². The number of carbonyl (C=O) groups is 2. The predicted molar refractivity (Wildman–Crippen MR) is 106 cm³/mol. The lowest BCUT2D eigenvalue weighted by molar-refractivity contribution is -0.384. The summed E-state index contributed by atoms with van der Waals surface area (Å²) in [5.41, 5.74) is -0.518. The van der Waals surface area contributed by atoms with Crippen molar-refractivity contribution < 1.29 is 24.0 Å². The molecular weight excluding hydrogens is 408 g/mol. The molecule has 1 amide bonds. The molecule has 11 heteroatoms. The number of thiocarbonyl (C=S) groups is 1. The smallest absolute Gasteiger partial charge is 0.303 e. The maximum absolute atomic E-state index is 12.6. The topological polar surface area (TPSA) is 131 Å². The highest BCUT2D eigenvalue weighted by Gasteiger charge is 2.32. The van der Waals surface area contributed by atoms with Crippen molar-refractivity contribution in [1.29, 1.82) is 0 Å². The summed E-state index contributed by atoms with van der Waals surface area (Å²) < 4.78 is 5.62. The Morgan fingerprint density at radius 1 is 1.39 bits per heavy atom. The van der Waals surface area contributed by atoms with E-state index < -0.39 is 22.2 Å². The molecule has 0 bridgehead atoms. The van der Waals surface area contributed by atoms with E-state index in [-0.39, 0.29) is 50.8 Å². The Morgan fingerprint density at radius 2 is 2.14 bits per heavy atom. The van der Waals surface area contributed by atoms with Crippen LogP contribution in [0, 0.1) is 10.1 Å². The number of thioether (sulfide) groups is 1. The van der Waals surface area contributed by atoms with Crippen LogP contribution in [0.5, 0.6) is 0 Å². The molecule has 3 rings (SSSR count). The predicted octanol–water partition coefficient (Wildman–Crippen LogP) is 2.77. The fourth-order valence-electron chi connectivity index (χ4n) is 2.57. The Balaban J connectivity index is 1.91. The van der Waals surface area contributed by atoms with Gasteiger partial charge >= 0.3 is 5.97 Å². The maximum atomic E-state index is 12.6. The van der Waals surface area contributed by atoms with E-state index in [2.05, 4.69) is 0 Å². The van der Waals surface area contributed by atoms with Crippen molar-refractivity contribution in [3.05, 3.63) is 55.3 Å². The quantitative estimate of drug-likeness (QED) is 0.324. The van der Waals surface area contributed by atoms with Crippen LogP contribution in [-0.4, -0.2) is 37.7 Å². The summed E-state index contributed by atoms with van der Waals surface area (Å²) in [7, 11) is 0. The van der Waals surface area contributed by atoms with E-state index >= 15 is 0 Å². The Bertz CT molecular complexity index is 1110. The average Bonchev–Trinajstić information content (AvgIpc) is 2.91. The van der Waals surface area contributed by atoms with Gasteiger partial charge in [0.1, 0.15) is 16.2 Å². The lowest BCUT2D eigenvalue weighted by Crippen LogP contribution is -2.29. The highest BCUT2D eigenvalue weighted by Crippen LogP contribution is 2.32. The zero-order valence-electron chi connectivity index (χ0n) is 14.1. The number of hydrogen-bond donors (Lipinski definition) is 1. The number of amides is 1. The number of fused-ring (bicyclic) bond motifs is 1. The number of carboxylic acids is 1. The van der Waals surface area contributed by atoms with Gasteiger partial charge in [0.15, 0.2) is 5.43 Å². The van der Waals surface area contributed by atoms with E-state index in [1.807, 2.05) is 0 Å². The number of non-ortho nitro benzene ring substituents is 1. The third kappa shape index (κ3) is 3.94. The summed E-state index contributed by atoms with van der Waals surface area (Å²) in [6, 6.07) is 3.68. The first-order valence-corrected chi connectivity index (χ1v) is 9.17. The minimum Gasteiger partial charge on any atom is -0.481 e. The van der Waals surface area contributed by atoms with E-state index in [1.165, 1.54) is 29.4 Å². The van der Waals surface area contributed by atoms with Gasteiger partial charge < -0.3 is 9.52 Å². The van der Waals surface area contributed by atoms with Crippen LogP contribution >= 0.6 is 24.0 Å². The molecule has 1 aliphatic rings. The first-order chi connectivity index (χ1) is 13.3. The number of nitro benzene ring substituents is 1. The second-order valence-electron chi connectivity index (χ2n) is 5.79. The molecule has 2 aromatic rings. The van der Waals surface area contributed by atoms with Gasteiger partial charge in [0.2, 0.25) is 0 Å². The summed E-state index contributed by atoms with van der Waals surface area (Å²) in [5, 5.41) is 19.6. The normalized spacial score (nSPS) is 15.6. The SMILES string of the molecule is O=C(O)CCCN1C(=O)/C(=C/c2coc3ccc([N+](=O)[O-])cc3c2=O)SC1=S. The lowest BCUT2D eigenvalue weighted by atomic mass is 10.1. The highest BCUT2D eigenvalue weighted by molar-refractivity contribution is 8.26. The van der Waals surface area contributed by atoms with Crippen LogP contribution in [0.25, 0.3) is 17.0 Å². The first kappa shape index (κ1) is 19.7. The second kappa shape index (κ2) is 7.90. The molecule has 2 heterocycles. The average molecular weight is 420 g/mol. The molecule has 28 heavy (non-hydrogen) atoms. The molecule has 1 N–H and O–H groups in total. The minimum atomic E-state index is -0.969. The van der Waals surface area contributed by atoms with Gasteiger partial charge in [-0.2, -0.15) is 0 Å². The first-order valence-electron chi connectivity index (χ1n) is 7.95. The molecule has 9 nitrogen and oxygen atoms in total. The van der Waals surface area contributed by atoms with Crippen LogP contribution in [0.15, 0.2) is 38.6 Å². The van der Waals surface area contributed by atoms with Crippen molar-refractivity contribution >= 4 is 62.9 Å². The molecule has 1 saturated heterocycles. The number of carbonyl (C=O) groups excluding carboxylic acids is 1. The molecular formula is C17H12N2O7S2. The number of rotatable bonds is 6. The molecule has 0 radical (unpaired) electrons. The van der Waals surface area contributed by atoms with Crippen molar-refractivity contribution in [3.63, 3.8) is 0 Å². The molecule has 1 aromatic carbocycles. The van der Waals surface area contributed by atoms with Crippen LogP contribution in [0.4, 0.5) is 5.69 Å². The van der Waals surface area contributed by atoms with Crippen molar-refractivity contribution in [2.45, 2.75) is 12.8 Å². The standard InChI is InChI=1S/C17H12N2O7S2/c20-14(21)2-1-5-18-16(23)13(28-17(18)27)6-9-8-26-12-4-3-10(19(24)25)7-11(12)15(9)22/h3-4,6-8H,1-2,5H2,(H,20,21)/b13-6-. The third-order valence-corrected chi connectivity index (χ3v) is 5.30. The summed E-state index contributed by atoms with van der Waals surface area (Å²) in [5.74, 6) is -1.40. The Hall–Kier alpha value is -3.05. The largest absolute Gasteiger partial charge is 0.481 e. The monoisotopic (exact) mass is 420 g/mol. The number of hydrogen-bond acceptors (Lipinski definition) is 8. The van der Waals surface area contributed by atoms with E-state index in [4.69, 9.17) is 21.7 Å². The van der Waals surface area contributed by atoms with Crippen LogP contribution in [-0.2, 0) is 9.59 Å². The number of nitrogens with zero attached hydrogens (tertiary/aromatic N) is 2. The van der Waals surface area contributed by atoms with Crippen LogP contribution < -0.4 is 5.43 Å². The lowest BCUT2D eigenvalue weighted by Gasteiger charge is -2.13. The van der Waals surface area contributed by atoms with Gasteiger partial charge in [-0.25, -0.2) is 0 Å². The summed E-state index contributed by atoms with van der Waals surface area (Å²) in [4.78, 5) is 47.5. The number of nitro groups is 1. The number of aliphatic carboxylic acids is 1. The molecule has 0 atom stereocenters. The zero-order valence-corrected chi connectivity index (χ0v) is 15.7.